The number of hydrogen-bond donors (Lipinski definition) is 0. The molecule has 0 aromatic heterocycles. The van der Waals surface area contributed by atoms with E-state index in [1.807, 2.05) is 13.8 Å². The molecule has 0 aromatic carbocycles. The number of hydrogen-bond acceptors (Lipinski definition) is 4. The third-order valence-electron chi connectivity index (χ3n) is 5.17. The Morgan fingerprint density at radius 2 is 2.11 bits per heavy atom. The van der Waals surface area contributed by atoms with E-state index in [0.717, 1.165) is 19.3 Å². The zero-order valence-corrected chi connectivity index (χ0v) is 13.4. The first-order chi connectivity index (χ1) is 8.95. The number of halogens is 1. The van der Waals surface area contributed by atoms with Gasteiger partial charge < -0.3 is 9.47 Å². The smallest absolute Gasteiger partial charge is 0.322 e. The monoisotopic (exact) mass is 378 g/mol. The number of rotatable bonds is 3. The Morgan fingerprint density at radius 3 is 2.74 bits per heavy atom. The first-order valence-corrected chi connectivity index (χ1v) is 8.10. The standard InChI is InChI=1S/C14H19IO4/c1-3-14(2,15)13(17)19-11-7-4-5-8(11)10-9(7)6-18-12(10)16/h7-11H,3-6H2,1-2H3. The molecule has 0 spiro atoms. The summed E-state index contributed by atoms with van der Waals surface area (Å²) in [6, 6.07) is 0. The molecular weight excluding hydrogens is 359 g/mol. The number of alkyl halides is 1. The van der Waals surface area contributed by atoms with E-state index < -0.39 is 3.42 Å². The minimum atomic E-state index is -0.463. The van der Waals surface area contributed by atoms with Crippen LogP contribution in [0.4, 0.5) is 0 Å². The summed E-state index contributed by atoms with van der Waals surface area (Å²) in [6.07, 6.45) is 2.74. The molecule has 6 atom stereocenters. The van der Waals surface area contributed by atoms with Crippen LogP contribution >= 0.6 is 22.6 Å². The van der Waals surface area contributed by atoms with Crippen molar-refractivity contribution in [2.24, 2.45) is 23.7 Å². The topological polar surface area (TPSA) is 52.6 Å². The maximum absolute atomic E-state index is 12.2. The van der Waals surface area contributed by atoms with Crippen LogP contribution in [0, 0.1) is 23.7 Å². The second-order valence-electron chi connectivity index (χ2n) is 6.15. The molecule has 3 fully saturated rings. The molecule has 0 N–H and O–H groups in total. The molecule has 0 amide bonds. The minimum Gasteiger partial charge on any atom is -0.465 e. The van der Waals surface area contributed by atoms with E-state index >= 15 is 0 Å². The lowest BCUT2D eigenvalue weighted by Crippen LogP contribution is -2.35. The number of carbonyl (C=O) groups is 2. The second kappa shape index (κ2) is 4.60. The average molecular weight is 378 g/mol. The maximum atomic E-state index is 12.2. The molecular formula is C14H19IO4. The van der Waals surface area contributed by atoms with Crippen molar-refractivity contribution in [3.05, 3.63) is 0 Å². The van der Waals surface area contributed by atoms with Gasteiger partial charge in [0.15, 0.2) is 0 Å². The zero-order valence-electron chi connectivity index (χ0n) is 11.2. The van der Waals surface area contributed by atoms with Gasteiger partial charge in [0.05, 0.1) is 12.5 Å². The molecule has 3 rings (SSSR count). The SMILES string of the molecule is CCC(C)(I)C(=O)OC1C2CCC1C1C(=O)OCC21. The van der Waals surface area contributed by atoms with Gasteiger partial charge in [-0.2, -0.15) is 0 Å². The quantitative estimate of drug-likeness (QED) is 0.430. The number of fused-ring (bicyclic) bond motifs is 5. The molecule has 4 nitrogen and oxygen atoms in total. The van der Waals surface area contributed by atoms with Crippen molar-refractivity contribution in [1.82, 2.24) is 0 Å². The summed E-state index contributed by atoms with van der Waals surface area (Å²) in [7, 11) is 0. The predicted molar refractivity (Wildman–Crippen MR) is 76.7 cm³/mol. The molecule has 1 saturated heterocycles. The molecule has 19 heavy (non-hydrogen) atoms. The van der Waals surface area contributed by atoms with Gasteiger partial charge in [0.1, 0.15) is 9.53 Å². The minimum absolute atomic E-state index is 0.0151. The molecule has 5 heteroatoms. The zero-order chi connectivity index (χ0) is 13.8. The molecule has 0 radical (unpaired) electrons. The summed E-state index contributed by atoms with van der Waals surface area (Å²) in [5.41, 5.74) is 0. The molecule has 0 aromatic rings. The molecule has 1 heterocycles. The van der Waals surface area contributed by atoms with E-state index in [9.17, 15) is 9.59 Å². The summed E-state index contributed by atoms with van der Waals surface area (Å²) < 4.78 is 10.5. The van der Waals surface area contributed by atoms with E-state index in [0.29, 0.717) is 12.5 Å². The molecule has 2 bridgehead atoms. The Labute approximate surface area is 126 Å². The molecule has 6 unspecified atom stereocenters. The van der Waals surface area contributed by atoms with Crippen molar-refractivity contribution in [2.75, 3.05) is 6.61 Å². The van der Waals surface area contributed by atoms with Crippen molar-refractivity contribution in [1.29, 1.82) is 0 Å². The van der Waals surface area contributed by atoms with Crippen LogP contribution < -0.4 is 0 Å². The van der Waals surface area contributed by atoms with Crippen LogP contribution in [-0.2, 0) is 19.1 Å². The van der Waals surface area contributed by atoms with Crippen molar-refractivity contribution in [3.8, 4) is 0 Å². The summed E-state index contributed by atoms with van der Waals surface area (Å²) >= 11 is 2.16. The fourth-order valence-electron chi connectivity index (χ4n) is 3.87. The van der Waals surface area contributed by atoms with E-state index in [1.165, 1.54) is 0 Å². The van der Waals surface area contributed by atoms with E-state index in [2.05, 4.69) is 22.6 Å². The molecule has 1 aliphatic heterocycles. The van der Waals surface area contributed by atoms with Gasteiger partial charge in [0.25, 0.3) is 0 Å². The highest BCUT2D eigenvalue weighted by molar-refractivity contribution is 14.1. The van der Waals surface area contributed by atoms with Crippen LogP contribution in [0.1, 0.15) is 33.1 Å². The Balaban J connectivity index is 1.74. The van der Waals surface area contributed by atoms with E-state index in [4.69, 9.17) is 9.47 Å². The molecule has 2 saturated carbocycles. The Morgan fingerprint density at radius 1 is 1.42 bits per heavy atom. The highest BCUT2D eigenvalue weighted by atomic mass is 127. The van der Waals surface area contributed by atoms with Crippen LogP contribution in [0.15, 0.2) is 0 Å². The van der Waals surface area contributed by atoms with Crippen LogP contribution in [0.2, 0.25) is 0 Å². The third kappa shape index (κ3) is 1.99. The van der Waals surface area contributed by atoms with Gasteiger partial charge in [-0.05, 0) is 26.2 Å². The Bertz CT molecular complexity index is 420. The number of ether oxygens (including phenoxy) is 2. The normalized spacial score (nSPS) is 42.7. The van der Waals surface area contributed by atoms with Gasteiger partial charge in [-0.1, -0.05) is 29.5 Å². The average Bonchev–Trinajstić information content (AvgIpc) is 3.02. The fraction of sp³-hybridized carbons (Fsp3) is 0.857. The lowest BCUT2D eigenvalue weighted by Gasteiger charge is -2.25. The van der Waals surface area contributed by atoms with Crippen molar-refractivity contribution in [3.63, 3.8) is 0 Å². The van der Waals surface area contributed by atoms with Gasteiger partial charge in [0, 0.05) is 17.8 Å². The van der Waals surface area contributed by atoms with E-state index in [1.54, 1.807) is 0 Å². The fourth-order valence-corrected chi connectivity index (χ4v) is 4.00. The molecule has 106 valence electrons. The van der Waals surface area contributed by atoms with Crippen molar-refractivity contribution >= 4 is 34.5 Å². The third-order valence-corrected chi connectivity index (χ3v) is 6.38. The van der Waals surface area contributed by atoms with Crippen LogP contribution in [0.5, 0.6) is 0 Å². The van der Waals surface area contributed by atoms with Gasteiger partial charge in [0.2, 0.25) is 0 Å². The molecule has 2 aliphatic carbocycles. The maximum Gasteiger partial charge on any atom is 0.322 e. The van der Waals surface area contributed by atoms with Crippen LogP contribution in [0.3, 0.4) is 0 Å². The van der Waals surface area contributed by atoms with Crippen molar-refractivity contribution < 1.29 is 19.1 Å². The summed E-state index contributed by atoms with van der Waals surface area (Å²) in [5, 5.41) is 0. The van der Waals surface area contributed by atoms with Crippen LogP contribution in [0.25, 0.3) is 0 Å². The number of esters is 2. The first kappa shape index (κ1) is 13.6. The first-order valence-electron chi connectivity index (χ1n) is 7.02. The van der Waals surface area contributed by atoms with Crippen LogP contribution in [-0.4, -0.2) is 28.1 Å². The summed E-state index contributed by atoms with van der Waals surface area (Å²) in [5.74, 6) is 0.578. The van der Waals surface area contributed by atoms with Gasteiger partial charge in [-0.3, -0.25) is 9.59 Å². The van der Waals surface area contributed by atoms with Gasteiger partial charge >= 0.3 is 11.9 Å². The van der Waals surface area contributed by atoms with Crippen molar-refractivity contribution in [2.45, 2.75) is 42.6 Å². The predicted octanol–water partition coefficient (Wildman–Crippen LogP) is 2.33. The lowest BCUT2D eigenvalue weighted by atomic mass is 9.81. The Kier molecular flexibility index (Phi) is 3.30. The highest BCUT2D eigenvalue weighted by Crippen LogP contribution is 2.56. The molecule has 3 aliphatic rings. The second-order valence-corrected chi connectivity index (χ2v) is 8.53. The van der Waals surface area contributed by atoms with Gasteiger partial charge in [-0.25, -0.2) is 0 Å². The summed E-state index contributed by atoms with van der Waals surface area (Å²) in [6.45, 7) is 4.42. The number of carbonyl (C=O) groups excluding carboxylic acids is 2. The largest absolute Gasteiger partial charge is 0.465 e. The number of cyclic esters (lactones) is 1. The van der Waals surface area contributed by atoms with Gasteiger partial charge in [-0.15, -0.1) is 0 Å². The lowest BCUT2D eigenvalue weighted by molar-refractivity contribution is -0.156. The summed E-state index contributed by atoms with van der Waals surface area (Å²) in [4.78, 5) is 24.0. The highest BCUT2D eigenvalue weighted by Gasteiger charge is 2.62. The Hall–Kier alpha value is -0.330. The van der Waals surface area contributed by atoms with E-state index in [-0.39, 0.29) is 35.8 Å².